The minimum absolute atomic E-state index is 0.0438. The van der Waals surface area contributed by atoms with Gasteiger partial charge < -0.3 is 10.0 Å². The number of nitrogens with zero attached hydrogens (tertiary/aromatic N) is 2. The first kappa shape index (κ1) is 9.31. The molecule has 0 aliphatic carbocycles. The minimum atomic E-state index is -0.325. The number of pyridine rings is 1. The Kier molecular flexibility index (Phi) is 2.69. The van der Waals surface area contributed by atoms with Gasteiger partial charge in [-0.25, -0.2) is 9.78 Å². The molecule has 0 saturated carbocycles. The summed E-state index contributed by atoms with van der Waals surface area (Å²) in [6, 6.07) is 2.72. The van der Waals surface area contributed by atoms with E-state index in [0.29, 0.717) is 0 Å². The van der Waals surface area contributed by atoms with Gasteiger partial charge in [-0.1, -0.05) is 0 Å². The fourth-order valence-corrected chi connectivity index (χ4v) is 0.706. The van der Waals surface area contributed by atoms with Gasteiger partial charge in [0.25, 0.3) is 0 Å². The minimum Gasteiger partial charge on any atom is -0.504 e. The van der Waals surface area contributed by atoms with Gasteiger partial charge in [0.1, 0.15) is 0 Å². The first-order valence-electron chi connectivity index (χ1n) is 3.73. The molecule has 0 aliphatic heterocycles. The number of hydrogen-bond acceptors (Lipinski definition) is 3. The summed E-state index contributed by atoms with van der Waals surface area (Å²) >= 11 is 0. The molecule has 1 rings (SSSR count). The van der Waals surface area contributed by atoms with Crippen LogP contribution in [0.15, 0.2) is 18.3 Å². The van der Waals surface area contributed by atoms with Gasteiger partial charge in [0.15, 0.2) is 11.6 Å². The zero-order valence-corrected chi connectivity index (χ0v) is 7.48. The van der Waals surface area contributed by atoms with E-state index in [1.54, 1.807) is 20.2 Å². The topological polar surface area (TPSA) is 65.5 Å². The SMILES string of the molecule is CN(C)C(=O)Nc1ncccc1O. The molecule has 1 heterocycles. The summed E-state index contributed by atoms with van der Waals surface area (Å²) < 4.78 is 0. The van der Waals surface area contributed by atoms with Crippen LogP contribution in [0.3, 0.4) is 0 Å². The smallest absolute Gasteiger partial charge is 0.322 e. The number of aromatic nitrogens is 1. The lowest BCUT2D eigenvalue weighted by Crippen LogP contribution is -2.27. The quantitative estimate of drug-likeness (QED) is 0.675. The highest BCUT2D eigenvalue weighted by atomic mass is 16.3. The van der Waals surface area contributed by atoms with Gasteiger partial charge in [-0.2, -0.15) is 0 Å². The van der Waals surface area contributed by atoms with Crippen molar-refractivity contribution >= 4 is 11.8 Å². The number of anilines is 1. The molecule has 0 bridgehead atoms. The Morgan fingerprint density at radius 3 is 2.85 bits per heavy atom. The van der Waals surface area contributed by atoms with Crippen molar-refractivity contribution < 1.29 is 9.90 Å². The Morgan fingerprint density at radius 1 is 1.62 bits per heavy atom. The molecule has 2 N–H and O–H groups in total. The molecule has 0 aliphatic rings. The maximum atomic E-state index is 11.1. The molecule has 0 unspecified atom stereocenters. The molecule has 2 amide bonds. The standard InChI is InChI=1S/C8H11N3O2/c1-11(2)8(13)10-7-6(12)4-3-5-9-7/h3-5,12H,1-2H3,(H,9,10,13). The molecular weight excluding hydrogens is 170 g/mol. The second kappa shape index (κ2) is 3.75. The average molecular weight is 181 g/mol. The third kappa shape index (κ3) is 2.33. The third-order valence-corrected chi connectivity index (χ3v) is 1.42. The second-order valence-corrected chi connectivity index (χ2v) is 2.70. The molecule has 0 fully saturated rings. The zero-order chi connectivity index (χ0) is 9.84. The van der Waals surface area contributed by atoms with E-state index in [1.807, 2.05) is 0 Å². The summed E-state index contributed by atoms with van der Waals surface area (Å²) in [6.45, 7) is 0. The fourth-order valence-electron chi connectivity index (χ4n) is 0.706. The predicted octanol–water partition coefficient (Wildman–Crippen LogP) is 0.881. The van der Waals surface area contributed by atoms with E-state index < -0.39 is 0 Å². The maximum Gasteiger partial charge on any atom is 0.322 e. The summed E-state index contributed by atoms with van der Waals surface area (Å²) in [6.07, 6.45) is 1.49. The second-order valence-electron chi connectivity index (χ2n) is 2.70. The van der Waals surface area contributed by atoms with Crippen molar-refractivity contribution in [3.05, 3.63) is 18.3 Å². The molecule has 0 atom stereocenters. The monoisotopic (exact) mass is 181 g/mol. The van der Waals surface area contributed by atoms with E-state index in [2.05, 4.69) is 10.3 Å². The van der Waals surface area contributed by atoms with Crippen LogP contribution in [0.25, 0.3) is 0 Å². The highest BCUT2D eigenvalue weighted by molar-refractivity contribution is 5.89. The van der Waals surface area contributed by atoms with Crippen LogP contribution in [-0.2, 0) is 0 Å². The van der Waals surface area contributed by atoms with Crippen molar-refractivity contribution in [2.24, 2.45) is 0 Å². The summed E-state index contributed by atoms with van der Waals surface area (Å²) in [4.78, 5) is 16.3. The van der Waals surface area contributed by atoms with E-state index in [9.17, 15) is 9.90 Å². The number of carbonyl (C=O) groups excluding carboxylic acids is 1. The maximum absolute atomic E-state index is 11.1. The molecule has 13 heavy (non-hydrogen) atoms. The third-order valence-electron chi connectivity index (χ3n) is 1.42. The number of carbonyl (C=O) groups is 1. The molecule has 5 heteroatoms. The largest absolute Gasteiger partial charge is 0.504 e. The van der Waals surface area contributed by atoms with Gasteiger partial charge in [0, 0.05) is 20.3 Å². The molecule has 1 aromatic heterocycles. The predicted molar refractivity (Wildman–Crippen MR) is 48.6 cm³/mol. The van der Waals surface area contributed by atoms with Crippen molar-refractivity contribution in [3.8, 4) is 5.75 Å². The van der Waals surface area contributed by atoms with Crippen molar-refractivity contribution in [2.75, 3.05) is 19.4 Å². The summed E-state index contributed by atoms with van der Waals surface area (Å²) in [7, 11) is 3.21. The Morgan fingerprint density at radius 2 is 2.31 bits per heavy atom. The van der Waals surface area contributed by atoms with Crippen molar-refractivity contribution in [3.63, 3.8) is 0 Å². The van der Waals surface area contributed by atoms with E-state index in [0.717, 1.165) is 0 Å². The van der Waals surface area contributed by atoms with Gasteiger partial charge in [-0.15, -0.1) is 0 Å². The first-order chi connectivity index (χ1) is 6.11. The lowest BCUT2D eigenvalue weighted by molar-refractivity contribution is 0.230. The Hall–Kier alpha value is -1.78. The van der Waals surface area contributed by atoms with Crippen LogP contribution in [0.5, 0.6) is 5.75 Å². The Balaban J connectivity index is 2.75. The van der Waals surface area contributed by atoms with E-state index in [1.165, 1.54) is 17.2 Å². The van der Waals surface area contributed by atoms with E-state index in [4.69, 9.17) is 0 Å². The molecule has 0 radical (unpaired) electrons. The number of amides is 2. The molecule has 1 aromatic rings. The molecule has 5 nitrogen and oxygen atoms in total. The van der Waals surface area contributed by atoms with Crippen LogP contribution < -0.4 is 5.32 Å². The Bertz CT molecular complexity index is 312. The molecule has 0 saturated heterocycles. The lowest BCUT2D eigenvalue weighted by Gasteiger charge is -2.11. The van der Waals surface area contributed by atoms with Gasteiger partial charge >= 0.3 is 6.03 Å². The normalized spacial score (nSPS) is 9.38. The summed E-state index contributed by atoms with van der Waals surface area (Å²) in [5, 5.41) is 11.7. The number of rotatable bonds is 1. The molecule has 70 valence electrons. The number of urea groups is 1. The summed E-state index contributed by atoms with van der Waals surface area (Å²) in [5.41, 5.74) is 0. The van der Waals surface area contributed by atoms with Gasteiger partial charge in [0.05, 0.1) is 0 Å². The van der Waals surface area contributed by atoms with Crippen molar-refractivity contribution in [1.82, 2.24) is 9.88 Å². The van der Waals surface area contributed by atoms with Crippen LogP contribution in [-0.4, -0.2) is 35.1 Å². The van der Waals surface area contributed by atoms with Crippen molar-refractivity contribution in [1.29, 1.82) is 0 Å². The number of nitrogens with one attached hydrogen (secondary N) is 1. The van der Waals surface area contributed by atoms with E-state index in [-0.39, 0.29) is 17.6 Å². The van der Waals surface area contributed by atoms with Gasteiger partial charge in [0.2, 0.25) is 0 Å². The first-order valence-corrected chi connectivity index (χ1v) is 3.73. The van der Waals surface area contributed by atoms with Crippen molar-refractivity contribution in [2.45, 2.75) is 0 Å². The van der Waals surface area contributed by atoms with Gasteiger partial charge in [-0.05, 0) is 12.1 Å². The van der Waals surface area contributed by atoms with Crippen LogP contribution in [0, 0.1) is 0 Å². The molecule has 0 aromatic carbocycles. The van der Waals surface area contributed by atoms with E-state index >= 15 is 0 Å². The summed E-state index contributed by atoms with van der Waals surface area (Å²) in [5.74, 6) is 0.124. The van der Waals surface area contributed by atoms with Crippen LogP contribution in [0.4, 0.5) is 10.6 Å². The van der Waals surface area contributed by atoms with Crippen LogP contribution >= 0.6 is 0 Å². The van der Waals surface area contributed by atoms with Gasteiger partial charge in [-0.3, -0.25) is 5.32 Å². The fraction of sp³-hybridized carbons (Fsp3) is 0.250. The highest BCUT2D eigenvalue weighted by Crippen LogP contribution is 2.17. The van der Waals surface area contributed by atoms with Crippen LogP contribution in [0.2, 0.25) is 0 Å². The Labute approximate surface area is 76.0 Å². The highest BCUT2D eigenvalue weighted by Gasteiger charge is 2.07. The number of aromatic hydroxyl groups is 1. The molecule has 0 spiro atoms. The molecular formula is C8H11N3O2. The zero-order valence-electron chi connectivity index (χ0n) is 7.48. The lowest BCUT2D eigenvalue weighted by atomic mass is 10.4. The number of hydrogen-bond donors (Lipinski definition) is 2. The van der Waals surface area contributed by atoms with Crippen LogP contribution in [0.1, 0.15) is 0 Å². The average Bonchev–Trinajstić information content (AvgIpc) is 2.08.